The summed E-state index contributed by atoms with van der Waals surface area (Å²) in [4.78, 5) is 24.6. The minimum atomic E-state index is -0.938. The highest BCUT2D eigenvalue weighted by atomic mass is 32.2. The highest BCUT2D eigenvalue weighted by Gasteiger charge is 2.48. The van der Waals surface area contributed by atoms with Crippen molar-refractivity contribution in [2.45, 2.75) is 31.7 Å². The van der Waals surface area contributed by atoms with Gasteiger partial charge >= 0.3 is 5.97 Å². The van der Waals surface area contributed by atoms with Crippen LogP contribution in [0.1, 0.15) is 26.2 Å². The molecule has 1 aliphatic heterocycles. The summed E-state index contributed by atoms with van der Waals surface area (Å²) in [5, 5.41) is 9.25. The van der Waals surface area contributed by atoms with Crippen LogP contribution in [0, 0.1) is 0 Å². The fourth-order valence-electron chi connectivity index (χ4n) is 2.18. The molecule has 0 aromatic heterocycles. The van der Waals surface area contributed by atoms with Crippen LogP contribution >= 0.6 is 11.8 Å². The summed E-state index contributed by atoms with van der Waals surface area (Å²) in [7, 11) is 0. The van der Waals surface area contributed by atoms with Crippen LogP contribution in [0.15, 0.2) is 0 Å². The number of likely N-dealkylation sites (tertiary alicyclic amines) is 1. The largest absolute Gasteiger partial charge is 0.479 e. The summed E-state index contributed by atoms with van der Waals surface area (Å²) >= 11 is 1.44. The Morgan fingerprint density at radius 1 is 1.53 bits per heavy atom. The van der Waals surface area contributed by atoms with Crippen LogP contribution < -0.4 is 0 Å². The molecule has 1 heterocycles. The smallest absolute Gasteiger partial charge is 0.329 e. The van der Waals surface area contributed by atoms with Gasteiger partial charge in [0, 0.05) is 6.54 Å². The first kappa shape index (κ1) is 12.4. The molecular weight excluding hydrogens is 214 g/mol. The molecule has 0 bridgehead atoms. The first-order valence-corrected chi connectivity index (χ1v) is 6.50. The summed E-state index contributed by atoms with van der Waals surface area (Å²) < 4.78 is 0. The maximum Gasteiger partial charge on any atom is 0.329 e. The van der Waals surface area contributed by atoms with E-state index in [1.807, 2.05) is 13.2 Å². The van der Waals surface area contributed by atoms with E-state index in [1.165, 1.54) is 11.8 Å². The van der Waals surface area contributed by atoms with Crippen molar-refractivity contribution in [3.8, 4) is 0 Å². The lowest BCUT2D eigenvalue weighted by Gasteiger charge is -2.33. The van der Waals surface area contributed by atoms with E-state index in [1.54, 1.807) is 4.90 Å². The second-order valence-corrected chi connectivity index (χ2v) is 4.64. The third-order valence-electron chi connectivity index (χ3n) is 3.04. The Balaban J connectivity index is 2.87. The summed E-state index contributed by atoms with van der Waals surface area (Å²) in [6.07, 6.45) is 3.71. The summed E-state index contributed by atoms with van der Waals surface area (Å²) in [5.74, 6) is -0.545. The van der Waals surface area contributed by atoms with E-state index in [9.17, 15) is 14.7 Å². The Hall–Kier alpha value is -0.710. The number of carboxylic acid groups (broad SMARTS) is 1. The normalized spacial score (nSPS) is 25.6. The van der Waals surface area contributed by atoms with Crippen LogP contribution in [0.3, 0.4) is 0 Å². The van der Waals surface area contributed by atoms with E-state index in [4.69, 9.17) is 0 Å². The molecule has 0 radical (unpaired) electrons. The maximum absolute atomic E-state index is 11.8. The van der Waals surface area contributed by atoms with Crippen molar-refractivity contribution in [2.24, 2.45) is 0 Å². The van der Waals surface area contributed by atoms with E-state index >= 15 is 0 Å². The van der Waals surface area contributed by atoms with Crippen molar-refractivity contribution >= 4 is 23.6 Å². The highest BCUT2D eigenvalue weighted by molar-refractivity contribution is 7.99. The van der Waals surface area contributed by atoms with Gasteiger partial charge in [-0.15, -0.1) is 0 Å². The number of carbonyl (C=O) groups is 2. The van der Waals surface area contributed by atoms with E-state index < -0.39 is 11.5 Å². The molecule has 0 aliphatic carbocycles. The first-order valence-electron chi connectivity index (χ1n) is 5.11. The molecule has 1 amide bonds. The molecule has 1 N–H and O–H groups in total. The number of amides is 1. The monoisotopic (exact) mass is 231 g/mol. The molecule has 0 aromatic rings. The van der Waals surface area contributed by atoms with E-state index in [2.05, 4.69) is 0 Å². The van der Waals surface area contributed by atoms with Crippen molar-refractivity contribution in [1.82, 2.24) is 4.90 Å². The predicted octanol–water partition coefficient (Wildman–Crippen LogP) is 1.21. The van der Waals surface area contributed by atoms with Crippen molar-refractivity contribution in [1.29, 1.82) is 0 Å². The van der Waals surface area contributed by atoms with Crippen molar-refractivity contribution in [2.75, 3.05) is 18.6 Å². The van der Waals surface area contributed by atoms with Gasteiger partial charge in [0.2, 0.25) is 5.91 Å². The van der Waals surface area contributed by atoms with Crippen LogP contribution in [-0.2, 0) is 9.59 Å². The third-order valence-corrected chi connectivity index (χ3v) is 3.58. The van der Waals surface area contributed by atoms with Crippen LogP contribution in [0.4, 0.5) is 0 Å². The van der Waals surface area contributed by atoms with Gasteiger partial charge in [-0.1, -0.05) is 6.92 Å². The summed E-state index contributed by atoms with van der Waals surface area (Å²) in [6.45, 7) is 2.42. The van der Waals surface area contributed by atoms with E-state index in [0.717, 1.165) is 6.42 Å². The van der Waals surface area contributed by atoms with Crippen molar-refractivity contribution in [3.05, 3.63) is 0 Å². The van der Waals surface area contributed by atoms with Crippen LogP contribution in [0.2, 0.25) is 0 Å². The van der Waals surface area contributed by atoms with Gasteiger partial charge in [-0.05, 0) is 25.5 Å². The summed E-state index contributed by atoms with van der Waals surface area (Å²) in [5.41, 5.74) is -0.938. The lowest BCUT2D eigenvalue weighted by atomic mass is 9.93. The SMILES string of the molecule is CCC1(C(=O)O)CCCN1C(=O)CSC. The molecule has 1 rings (SSSR count). The number of thioether (sulfide) groups is 1. The van der Waals surface area contributed by atoms with Crippen LogP contribution in [-0.4, -0.2) is 46.0 Å². The Kier molecular flexibility index (Phi) is 4.02. The molecule has 86 valence electrons. The standard InChI is InChI=1S/C10H17NO3S/c1-3-10(9(13)14)5-4-6-11(10)8(12)7-15-2/h3-7H2,1-2H3,(H,13,14). The molecule has 4 nitrogen and oxygen atoms in total. The molecule has 5 heteroatoms. The zero-order valence-electron chi connectivity index (χ0n) is 9.15. The predicted molar refractivity (Wildman–Crippen MR) is 60.0 cm³/mol. The van der Waals surface area contributed by atoms with Crippen molar-refractivity contribution < 1.29 is 14.7 Å². The number of rotatable bonds is 4. The van der Waals surface area contributed by atoms with Gasteiger partial charge in [0.15, 0.2) is 0 Å². The molecule has 1 atom stereocenters. The molecule has 0 aromatic carbocycles. The van der Waals surface area contributed by atoms with E-state index in [-0.39, 0.29) is 5.91 Å². The minimum Gasteiger partial charge on any atom is -0.479 e. The molecular formula is C10H17NO3S. The molecule has 0 spiro atoms. The number of hydrogen-bond donors (Lipinski definition) is 1. The Bertz CT molecular complexity index is 269. The number of aliphatic carboxylic acids is 1. The minimum absolute atomic E-state index is 0.0516. The topological polar surface area (TPSA) is 57.6 Å². The Morgan fingerprint density at radius 2 is 2.20 bits per heavy atom. The molecule has 1 saturated heterocycles. The number of hydrogen-bond acceptors (Lipinski definition) is 3. The summed E-state index contributed by atoms with van der Waals surface area (Å²) in [6, 6.07) is 0. The highest BCUT2D eigenvalue weighted by Crippen LogP contribution is 2.33. The lowest BCUT2D eigenvalue weighted by molar-refractivity contribution is -0.155. The van der Waals surface area contributed by atoms with Gasteiger partial charge in [0.05, 0.1) is 5.75 Å². The molecule has 1 unspecified atom stereocenters. The van der Waals surface area contributed by atoms with Gasteiger partial charge in [-0.2, -0.15) is 11.8 Å². The number of carboxylic acids is 1. The van der Waals surface area contributed by atoms with Crippen molar-refractivity contribution in [3.63, 3.8) is 0 Å². The average Bonchev–Trinajstić information content (AvgIpc) is 2.62. The Morgan fingerprint density at radius 3 is 2.67 bits per heavy atom. The molecule has 1 aliphatic rings. The zero-order valence-corrected chi connectivity index (χ0v) is 9.97. The number of nitrogens with zero attached hydrogens (tertiary/aromatic N) is 1. The van der Waals surface area contributed by atoms with Gasteiger partial charge < -0.3 is 10.0 Å². The Labute approximate surface area is 94.0 Å². The molecule has 15 heavy (non-hydrogen) atoms. The third kappa shape index (κ3) is 2.12. The average molecular weight is 231 g/mol. The lowest BCUT2D eigenvalue weighted by Crippen LogP contribution is -2.53. The quantitative estimate of drug-likeness (QED) is 0.790. The number of carbonyl (C=O) groups excluding carboxylic acids is 1. The fraction of sp³-hybridized carbons (Fsp3) is 0.800. The molecule has 0 saturated carbocycles. The first-order chi connectivity index (χ1) is 7.08. The van der Waals surface area contributed by atoms with Gasteiger partial charge in [-0.25, -0.2) is 4.79 Å². The maximum atomic E-state index is 11.8. The fourth-order valence-corrected chi connectivity index (χ4v) is 2.59. The van der Waals surface area contributed by atoms with Crippen LogP contribution in [0.5, 0.6) is 0 Å². The second kappa shape index (κ2) is 4.88. The zero-order chi connectivity index (χ0) is 11.5. The van der Waals surface area contributed by atoms with Crippen LogP contribution in [0.25, 0.3) is 0 Å². The van der Waals surface area contributed by atoms with Gasteiger partial charge in [0.1, 0.15) is 5.54 Å². The van der Waals surface area contributed by atoms with E-state index in [0.29, 0.717) is 25.1 Å². The molecule has 1 fully saturated rings. The van der Waals surface area contributed by atoms with Gasteiger partial charge in [-0.3, -0.25) is 4.79 Å². The second-order valence-electron chi connectivity index (χ2n) is 3.77. The van der Waals surface area contributed by atoms with Gasteiger partial charge in [0.25, 0.3) is 0 Å².